The molecule has 1 heterocycles. The summed E-state index contributed by atoms with van der Waals surface area (Å²) >= 11 is 0. The lowest BCUT2D eigenvalue weighted by molar-refractivity contribution is -0.384. The first-order valence-electron chi connectivity index (χ1n) is 5.40. The third-order valence-electron chi connectivity index (χ3n) is 3.15. The molecule has 0 unspecified atom stereocenters. The van der Waals surface area contributed by atoms with Crippen molar-refractivity contribution in [1.29, 1.82) is 0 Å². The molecule has 0 aromatic heterocycles. The van der Waals surface area contributed by atoms with E-state index in [0.29, 0.717) is 12.2 Å². The fourth-order valence-corrected chi connectivity index (χ4v) is 2.28. The van der Waals surface area contributed by atoms with Crippen LogP contribution in [0.3, 0.4) is 0 Å². The van der Waals surface area contributed by atoms with Crippen LogP contribution in [-0.4, -0.2) is 17.4 Å². The number of amides is 1. The van der Waals surface area contributed by atoms with Gasteiger partial charge in [0.25, 0.3) is 5.69 Å². The number of rotatable bonds is 1. The molecule has 1 amide bonds. The van der Waals surface area contributed by atoms with E-state index in [1.165, 1.54) is 19.1 Å². The monoisotopic (exact) mass is 234 g/mol. The van der Waals surface area contributed by atoms with Gasteiger partial charge in [0.05, 0.1) is 10.6 Å². The molecule has 0 atom stereocenters. The van der Waals surface area contributed by atoms with Crippen molar-refractivity contribution in [2.75, 3.05) is 11.4 Å². The van der Waals surface area contributed by atoms with Gasteiger partial charge in [-0.05, 0) is 11.6 Å². The van der Waals surface area contributed by atoms with Gasteiger partial charge < -0.3 is 4.90 Å². The van der Waals surface area contributed by atoms with E-state index < -0.39 is 4.92 Å². The maximum absolute atomic E-state index is 11.5. The topological polar surface area (TPSA) is 63.5 Å². The van der Waals surface area contributed by atoms with Crippen LogP contribution in [0.25, 0.3) is 0 Å². The Balaban J connectivity index is 2.58. The molecule has 90 valence electrons. The third kappa shape index (κ3) is 1.77. The number of non-ortho nitro benzene ring substituents is 1. The molecule has 1 aromatic rings. The van der Waals surface area contributed by atoms with Crippen LogP contribution in [0.4, 0.5) is 11.4 Å². The minimum Gasteiger partial charge on any atom is -0.311 e. The highest BCUT2D eigenvalue weighted by Crippen LogP contribution is 2.42. The summed E-state index contributed by atoms with van der Waals surface area (Å²) in [5, 5.41) is 10.7. The minimum absolute atomic E-state index is 0.0210. The van der Waals surface area contributed by atoms with Crippen molar-refractivity contribution in [2.45, 2.75) is 26.2 Å². The van der Waals surface area contributed by atoms with Crippen molar-refractivity contribution in [3.63, 3.8) is 0 Å². The molecule has 0 aliphatic carbocycles. The Morgan fingerprint density at radius 1 is 1.47 bits per heavy atom. The molecule has 5 nitrogen and oxygen atoms in total. The Kier molecular flexibility index (Phi) is 2.41. The van der Waals surface area contributed by atoms with Crippen molar-refractivity contribution >= 4 is 17.3 Å². The Labute approximate surface area is 99.2 Å². The molecular formula is C12H14N2O3. The molecule has 0 spiro atoms. The Hall–Kier alpha value is -1.91. The van der Waals surface area contributed by atoms with Crippen molar-refractivity contribution in [3.05, 3.63) is 33.9 Å². The van der Waals surface area contributed by atoms with Crippen molar-refractivity contribution in [3.8, 4) is 0 Å². The highest BCUT2D eigenvalue weighted by Gasteiger charge is 2.37. The highest BCUT2D eigenvalue weighted by molar-refractivity contribution is 5.95. The molecule has 0 saturated heterocycles. The minimum atomic E-state index is -0.441. The Bertz CT molecular complexity index is 508. The molecule has 2 rings (SSSR count). The third-order valence-corrected chi connectivity index (χ3v) is 3.15. The summed E-state index contributed by atoms with van der Waals surface area (Å²) in [5.74, 6) is -0.0858. The van der Waals surface area contributed by atoms with E-state index in [0.717, 1.165) is 5.56 Å². The number of nitro benzene ring substituents is 1. The van der Waals surface area contributed by atoms with E-state index in [2.05, 4.69) is 0 Å². The molecule has 0 N–H and O–H groups in total. The lowest BCUT2D eigenvalue weighted by atomic mass is 9.87. The highest BCUT2D eigenvalue weighted by atomic mass is 16.6. The number of fused-ring (bicyclic) bond motifs is 1. The number of nitro groups is 1. The number of carbonyl (C=O) groups is 1. The summed E-state index contributed by atoms with van der Waals surface area (Å²) in [6, 6.07) is 4.71. The van der Waals surface area contributed by atoms with E-state index in [4.69, 9.17) is 0 Å². The molecule has 1 aliphatic rings. The van der Waals surface area contributed by atoms with Crippen molar-refractivity contribution in [1.82, 2.24) is 0 Å². The van der Waals surface area contributed by atoms with Crippen molar-refractivity contribution < 1.29 is 9.72 Å². The molecular weight excluding hydrogens is 220 g/mol. The quantitative estimate of drug-likeness (QED) is 0.553. The number of nitrogens with zero attached hydrogens (tertiary/aromatic N) is 2. The second kappa shape index (κ2) is 3.55. The average Bonchev–Trinajstić information content (AvgIpc) is 2.50. The number of hydrogen-bond donors (Lipinski definition) is 0. The van der Waals surface area contributed by atoms with E-state index >= 15 is 0 Å². The molecule has 17 heavy (non-hydrogen) atoms. The zero-order valence-corrected chi connectivity index (χ0v) is 10.1. The van der Waals surface area contributed by atoms with Gasteiger partial charge in [-0.2, -0.15) is 0 Å². The zero-order valence-electron chi connectivity index (χ0n) is 10.1. The summed E-state index contributed by atoms with van der Waals surface area (Å²) in [6.07, 6.45) is 0. The SMILES string of the molecule is CC(=O)N1CC(C)(C)c2ccc([N+](=O)[O-])cc21. The van der Waals surface area contributed by atoms with Gasteiger partial charge in [-0.3, -0.25) is 14.9 Å². The lowest BCUT2D eigenvalue weighted by Gasteiger charge is -2.19. The van der Waals surface area contributed by atoms with Crippen LogP contribution in [0.5, 0.6) is 0 Å². The van der Waals surface area contributed by atoms with Gasteiger partial charge in [-0.25, -0.2) is 0 Å². The Morgan fingerprint density at radius 3 is 2.65 bits per heavy atom. The second-order valence-electron chi connectivity index (χ2n) is 4.95. The van der Waals surface area contributed by atoms with Gasteiger partial charge in [0.2, 0.25) is 5.91 Å². The second-order valence-corrected chi connectivity index (χ2v) is 4.95. The van der Waals surface area contributed by atoms with Gasteiger partial charge in [0.15, 0.2) is 0 Å². The van der Waals surface area contributed by atoms with Crippen LogP contribution >= 0.6 is 0 Å². The summed E-state index contributed by atoms with van der Waals surface area (Å²) in [4.78, 5) is 23.4. The molecule has 1 aromatic carbocycles. The molecule has 0 bridgehead atoms. The summed E-state index contributed by atoms with van der Waals surface area (Å²) in [6.45, 7) is 6.10. The smallest absolute Gasteiger partial charge is 0.271 e. The predicted octanol–water partition coefficient (Wildman–Crippen LogP) is 2.24. The lowest BCUT2D eigenvalue weighted by Crippen LogP contribution is -2.31. The first kappa shape index (κ1) is 11.6. The van der Waals surface area contributed by atoms with Crippen LogP contribution in [0.15, 0.2) is 18.2 Å². The maximum atomic E-state index is 11.5. The molecule has 0 radical (unpaired) electrons. The number of anilines is 1. The summed E-state index contributed by atoms with van der Waals surface area (Å²) < 4.78 is 0. The maximum Gasteiger partial charge on any atom is 0.271 e. The molecule has 0 saturated carbocycles. The molecule has 5 heteroatoms. The molecule has 0 fully saturated rings. The van der Waals surface area contributed by atoms with Crippen LogP contribution in [0.2, 0.25) is 0 Å². The van der Waals surface area contributed by atoms with Gasteiger partial charge in [0.1, 0.15) is 0 Å². The normalized spacial score (nSPS) is 16.8. The average molecular weight is 234 g/mol. The van der Waals surface area contributed by atoms with Gasteiger partial charge >= 0.3 is 0 Å². The zero-order chi connectivity index (χ0) is 12.8. The van der Waals surface area contributed by atoms with E-state index in [-0.39, 0.29) is 17.0 Å². The number of carbonyl (C=O) groups excluding carboxylic acids is 1. The standard InChI is InChI=1S/C12H14N2O3/c1-8(15)13-7-12(2,3)10-5-4-9(14(16)17)6-11(10)13/h4-6H,7H2,1-3H3. The van der Waals surface area contributed by atoms with Crippen LogP contribution in [0.1, 0.15) is 26.3 Å². The summed E-state index contributed by atoms with van der Waals surface area (Å²) in [5.41, 5.74) is 1.51. The number of hydrogen-bond acceptors (Lipinski definition) is 3. The van der Waals surface area contributed by atoms with Crippen LogP contribution < -0.4 is 4.90 Å². The van der Waals surface area contributed by atoms with Crippen LogP contribution in [-0.2, 0) is 10.2 Å². The van der Waals surface area contributed by atoms with Gasteiger partial charge in [0, 0.05) is 31.0 Å². The van der Waals surface area contributed by atoms with E-state index in [9.17, 15) is 14.9 Å². The summed E-state index contributed by atoms with van der Waals surface area (Å²) in [7, 11) is 0. The predicted molar refractivity (Wildman–Crippen MR) is 64.1 cm³/mol. The van der Waals surface area contributed by atoms with Gasteiger partial charge in [-0.15, -0.1) is 0 Å². The van der Waals surface area contributed by atoms with E-state index in [1.54, 1.807) is 11.0 Å². The first-order chi connectivity index (χ1) is 7.83. The first-order valence-corrected chi connectivity index (χ1v) is 5.40. The van der Waals surface area contributed by atoms with Crippen molar-refractivity contribution in [2.24, 2.45) is 0 Å². The van der Waals surface area contributed by atoms with E-state index in [1.807, 2.05) is 13.8 Å². The molecule has 1 aliphatic heterocycles. The largest absolute Gasteiger partial charge is 0.311 e. The fourth-order valence-electron chi connectivity index (χ4n) is 2.28. The van der Waals surface area contributed by atoms with Crippen LogP contribution in [0, 0.1) is 10.1 Å². The van der Waals surface area contributed by atoms with Gasteiger partial charge in [-0.1, -0.05) is 13.8 Å². The number of benzene rings is 1. The fraction of sp³-hybridized carbons (Fsp3) is 0.417. The Morgan fingerprint density at radius 2 is 2.12 bits per heavy atom.